The van der Waals surface area contributed by atoms with Crippen LogP contribution < -0.4 is 15.0 Å². The van der Waals surface area contributed by atoms with Gasteiger partial charge in [0, 0.05) is 76.3 Å². The zero-order chi connectivity index (χ0) is 25.8. The number of piperazine rings is 1. The molecule has 11 heteroatoms. The Hall–Kier alpha value is -3.31. The van der Waals surface area contributed by atoms with Gasteiger partial charge in [-0.1, -0.05) is 6.07 Å². The van der Waals surface area contributed by atoms with Crippen LogP contribution in [0.5, 0.6) is 5.75 Å². The number of anilines is 1. The Labute approximate surface area is 216 Å². The van der Waals surface area contributed by atoms with Gasteiger partial charge in [-0.05, 0) is 38.1 Å². The number of aromatic nitrogens is 4. The topological polar surface area (TPSA) is 91.1 Å². The zero-order valence-electron chi connectivity index (χ0n) is 21.6. The zero-order valence-corrected chi connectivity index (χ0v) is 21.6. The van der Waals surface area contributed by atoms with E-state index in [0.29, 0.717) is 42.2 Å². The molecule has 0 aliphatic carbocycles. The van der Waals surface area contributed by atoms with Crippen LogP contribution in [0.1, 0.15) is 30.7 Å². The van der Waals surface area contributed by atoms with E-state index >= 15 is 0 Å². The Morgan fingerprint density at radius 1 is 1.08 bits per heavy atom. The van der Waals surface area contributed by atoms with E-state index in [1.165, 1.54) is 13.2 Å². The predicted octanol–water partition coefficient (Wildman–Crippen LogP) is 1.74. The number of nitrogens with zero attached hydrogens (tertiary/aromatic N) is 7. The first-order chi connectivity index (χ1) is 18.0. The third kappa shape index (κ3) is 6.16. The normalized spacial score (nSPS) is 17.9. The maximum Gasteiger partial charge on any atom is 0.220 e. The molecule has 3 aromatic rings. The van der Waals surface area contributed by atoms with Crippen LogP contribution in [0.15, 0.2) is 30.3 Å². The van der Waals surface area contributed by atoms with Crippen LogP contribution >= 0.6 is 0 Å². The van der Waals surface area contributed by atoms with Crippen molar-refractivity contribution in [2.24, 2.45) is 0 Å². The van der Waals surface area contributed by atoms with Crippen LogP contribution in [-0.4, -0.2) is 95.0 Å². The fourth-order valence-corrected chi connectivity index (χ4v) is 4.97. The minimum atomic E-state index is -0.249. The molecule has 0 atom stereocenters. The van der Waals surface area contributed by atoms with Gasteiger partial charge in [0.15, 0.2) is 11.5 Å². The Morgan fingerprint density at radius 3 is 2.59 bits per heavy atom. The highest BCUT2D eigenvalue weighted by Crippen LogP contribution is 2.20. The third-order valence-electron chi connectivity index (χ3n) is 7.32. The highest BCUT2D eigenvalue weighted by molar-refractivity contribution is 5.76. The Morgan fingerprint density at radius 2 is 1.86 bits per heavy atom. The number of carbonyl (C=O) groups is 1. The van der Waals surface area contributed by atoms with Gasteiger partial charge in [0.25, 0.3) is 0 Å². The van der Waals surface area contributed by atoms with Gasteiger partial charge in [-0.3, -0.25) is 9.69 Å². The maximum absolute atomic E-state index is 14.3. The van der Waals surface area contributed by atoms with Gasteiger partial charge in [-0.25, -0.2) is 4.39 Å². The summed E-state index contributed by atoms with van der Waals surface area (Å²) in [5.74, 6) is 1.88. The number of aryl methyl sites for hydroxylation is 1. The van der Waals surface area contributed by atoms with Gasteiger partial charge in [0.1, 0.15) is 17.4 Å². The number of carbonyl (C=O) groups excluding carboxylic acids is 1. The van der Waals surface area contributed by atoms with Crippen molar-refractivity contribution in [1.82, 2.24) is 34.9 Å². The molecule has 0 saturated carbocycles. The quantitative estimate of drug-likeness (QED) is 0.490. The molecule has 2 aliphatic heterocycles. The molecule has 1 N–H and O–H groups in total. The lowest BCUT2D eigenvalue weighted by molar-refractivity contribution is -0.122. The summed E-state index contributed by atoms with van der Waals surface area (Å²) in [6.45, 7) is 6.05. The van der Waals surface area contributed by atoms with Gasteiger partial charge in [0.2, 0.25) is 5.91 Å². The number of piperidine rings is 1. The molecule has 0 unspecified atom stereocenters. The summed E-state index contributed by atoms with van der Waals surface area (Å²) < 4.78 is 21.1. The van der Waals surface area contributed by atoms with E-state index < -0.39 is 0 Å². The summed E-state index contributed by atoms with van der Waals surface area (Å²) in [6, 6.07) is 9.03. The number of hydrogen-bond acceptors (Lipinski definition) is 8. The Balaban J connectivity index is 1.09. The molecule has 2 fully saturated rings. The average Bonchev–Trinajstić information content (AvgIpc) is 3.32. The number of rotatable bonds is 8. The molecule has 0 bridgehead atoms. The van der Waals surface area contributed by atoms with E-state index in [0.717, 1.165) is 57.9 Å². The predicted molar refractivity (Wildman–Crippen MR) is 138 cm³/mol. The number of halogens is 1. The fourth-order valence-electron chi connectivity index (χ4n) is 4.97. The molecule has 0 radical (unpaired) electrons. The van der Waals surface area contributed by atoms with Crippen molar-refractivity contribution in [2.75, 3.05) is 58.3 Å². The lowest BCUT2D eigenvalue weighted by Crippen LogP contribution is -2.45. The van der Waals surface area contributed by atoms with Gasteiger partial charge < -0.3 is 19.9 Å². The van der Waals surface area contributed by atoms with Crippen molar-refractivity contribution < 1.29 is 13.9 Å². The van der Waals surface area contributed by atoms with Crippen molar-refractivity contribution >= 4 is 17.4 Å². The molecule has 2 aromatic heterocycles. The van der Waals surface area contributed by atoms with Crippen molar-refractivity contribution in [3.05, 3.63) is 47.5 Å². The van der Waals surface area contributed by atoms with Crippen molar-refractivity contribution in [1.29, 1.82) is 0 Å². The number of amides is 1. The van der Waals surface area contributed by atoms with Crippen LogP contribution in [0.3, 0.4) is 0 Å². The number of benzene rings is 1. The molecule has 198 valence electrons. The molecular weight excluding hydrogens is 475 g/mol. The van der Waals surface area contributed by atoms with Gasteiger partial charge in [-0.15, -0.1) is 15.3 Å². The van der Waals surface area contributed by atoms with Gasteiger partial charge >= 0.3 is 0 Å². The summed E-state index contributed by atoms with van der Waals surface area (Å²) in [4.78, 5) is 19.5. The molecule has 2 aliphatic rings. The number of fused-ring (bicyclic) bond motifs is 1. The largest absolute Gasteiger partial charge is 0.497 e. The Kier molecular flexibility index (Phi) is 7.80. The number of likely N-dealkylation sites (tertiary alicyclic amines) is 1. The highest BCUT2D eigenvalue weighted by Gasteiger charge is 2.22. The van der Waals surface area contributed by atoms with Crippen molar-refractivity contribution in [2.45, 2.75) is 38.3 Å². The monoisotopic (exact) mass is 510 g/mol. The second kappa shape index (κ2) is 11.4. The standard InChI is InChI=1S/C26H35FN8O2/c1-32-13-15-34(16-14-32)25-6-5-23-29-30-24(35(23)31-25)7-8-26(36)28-20-9-11-33(12-10-20)18-19-3-4-21(37-2)17-22(19)27/h3-6,17,20H,7-16,18H2,1-2H3,(H,28,36). The number of nitrogens with one attached hydrogen (secondary N) is 1. The summed E-state index contributed by atoms with van der Waals surface area (Å²) in [7, 11) is 3.66. The molecule has 2 saturated heterocycles. The van der Waals surface area contributed by atoms with E-state index in [-0.39, 0.29) is 17.8 Å². The summed E-state index contributed by atoms with van der Waals surface area (Å²) in [5, 5.41) is 16.4. The minimum absolute atomic E-state index is 0.00613. The lowest BCUT2D eigenvalue weighted by Gasteiger charge is -2.33. The number of ether oxygens (including phenoxy) is 1. The van der Waals surface area contributed by atoms with Crippen LogP contribution in [0.2, 0.25) is 0 Å². The molecule has 5 rings (SSSR count). The minimum Gasteiger partial charge on any atom is -0.497 e. The maximum atomic E-state index is 14.3. The number of likely N-dealkylation sites (N-methyl/N-ethyl adjacent to an activating group) is 1. The van der Waals surface area contributed by atoms with Crippen LogP contribution in [0, 0.1) is 5.82 Å². The second-order valence-electron chi connectivity index (χ2n) is 9.94. The van der Waals surface area contributed by atoms with E-state index in [2.05, 4.69) is 37.3 Å². The number of hydrogen-bond donors (Lipinski definition) is 1. The van der Waals surface area contributed by atoms with Crippen molar-refractivity contribution in [3.63, 3.8) is 0 Å². The SMILES string of the molecule is COc1ccc(CN2CCC(NC(=O)CCc3nnc4ccc(N5CCN(C)CC5)nn34)CC2)c(F)c1. The summed E-state index contributed by atoms with van der Waals surface area (Å²) in [6.07, 6.45) is 2.49. The van der Waals surface area contributed by atoms with Gasteiger partial charge in [0.05, 0.1) is 7.11 Å². The molecule has 10 nitrogen and oxygen atoms in total. The van der Waals surface area contributed by atoms with Crippen LogP contribution in [0.25, 0.3) is 5.65 Å². The van der Waals surface area contributed by atoms with Gasteiger partial charge in [-0.2, -0.15) is 4.52 Å². The van der Waals surface area contributed by atoms with E-state index in [4.69, 9.17) is 9.84 Å². The molecule has 4 heterocycles. The first-order valence-corrected chi connectivity index (χ1v) is 13.0. The highest BCUT2D eigenvalue weighted by atomic mass is 19.1. The summed E-state index contributed by atoms with van der Waals surface area (Å²) >= 11 is 0. The van der Waals surface area contributed by atoms with Crippen LogP contribution in [-0.2, 0) is 17.8 Å². The average molecular weight is 511 g/mol. The van der Waals surface area contributed by atoms with E-state index in [9.17, 15) is 9.18 Å². The fraction of sp³-hybridized carbons (Fsp3) is 0.538. The molecule has 1 amide bonds. The second-order valence-corrected chi connectivity index (χ2v) is 9.94. The first-order valence-electron chi connectivity index (χ1n) is 13.0. The first kappa shape index (κ1) is 25.3. The summed E-state index contributed by atoms with van der Waals surface area (Å²) in [5.41, 5.74) is 1.35. The molecular formula is C26H35FN8O2. The van der Waals surface area contributed by atoms with E-state index in [1.54, 1.807) is 16.6 Å². The van der Waals surface area contributed by atoms with E-state index in [1.807, 2.05) is 12.1 Å². The number of methoxy groups -OCH3 is 1. The molecule has 0 spiro atoms. The van der Waals surface area contributed by atoms with Crippen molar-refractivity contribution in [3.8, 4) is 5.75 Å². The van der Waals surface area contributed by atoms with Crippen LogP contribution in [0.4, 0.5) is 10.2 Å². The molecule has 1 aromatic carbocycles. The third-order valence-corrected chi connectivity index (χ3v) is 7.32. The Bertz CT molecular complexity index is 1220. The lowest BCUT2D eigenvalue weighted by atomic mass is 10.0. The smallest absolute Gasteiger partial charge is 0.220 e. The molecule has 37 heavy (non-hydrogen) atoms.